The molecule has 78 heavy (non-hydrogen) atoms. The van der Waals surface area contributed by atoms with Crippen molar-refractivity contribution in [3.8, 4) is 0 Å². The zero-order chi connectivity index (χ0) is 58.9. The number of amides is 4. The van der Waals surface area contributed by atoms with Crippen LogP contribution in [0.5, 0.6) is 0 Å². The van der Waals surface area contributed by atoms with Gasteiger partial charge in [-0.2, -0.15) is 6.92 Å². The number of likely N-dealkylation sites (tertiary alicyclic amines) is 2. The topological polar surface area (TPSA) is 232 Å². The number of rotatable bonds is 22. The fourth-order valence-corrected chi connectivity index (χ4v) is 13.5. The largest absolute Gasteiger partial charge is 0.383 e. The molecule has 6 aliphatic rings. The Bertz CT molecular complexity index is 2190. The average molecular weight is 1240 g/mol. The molecule has 3 unspecified atom stereocenters. The summed E-state index contributed by atoms with van der Waals surface area (Å²) in [6.45, 7) is 35.5. The molecule has 443 valence electrons. The molecule has 0 aromatic rings. The van der Waals surface area contributed by atoms with Gasteiger partial charge in [-0.25, -0.2) is 0 Å². The van der Waals surface area contributed by atoms with E-state index in [4.69, 9.17) is 11.5 Å². The predicted octanol–water partition coefficient (Wildman–Crippen LogP) is 10.1. The van der Waals surface area contributed by atoms with Gasteiger partial charge in [0.2, 0.25) is 23.5 Å². The normalized spacial score (nSPS) is 25.9. The second kappa shape index (κ2) is 26.8. The smallest absolute Gasteiger partial charge is 0.285 e. The summed E-state index contributed by atoms with van der Waals surface area (Å²) in [5.41, 5.74) is 9.47. The van der Waals surface area contributed by atoms with Gasteiger partial charge in [-0.1, -0.05) is 149 Å². The number of halogens is 1. The third kappa shape index (κ3) is 17.8. The molecule has 6 fully saturated rings. The summed E-state index contributed by atoms with van der Waals surface area (Å²) < 4.78 is 1.97. The van der Waals surface area contributed by atoms with Crippen LogP contribution >= 0.6 is 22.6 Å². The van der Waals surface area contributed by atoms with Crippen molar-refractivity contribution in [3.63, 3.8) is 0 Å². The number of Topliss-reactive ketones (excluding diaryl/α,β-unsaturated/α-hetero) is 5. The number of fused-ring (bicyclic) bond motifs is 2. The third-order valence-electron chi connectivity index (χ3n) is 18.6. The monoisotopic (exact) mass is 1240 g/mol. The summed E-state index contributed by atoms with van der Waals surface area (Å²) in [5.74, 6) is -3.87. The first kappa shape index (κ1) is 69.8. The minimum absolute atomic E-state index is 0. The van der Waals surface area contributed by atoms with E-state index in [0.29, 0.717) is 50.6 Å². The van der Waals surface area contributed by atoms with Gasteiger partial charge in [0.05, 0.1) is 12.1 Å². The van der Waals surface area contributed by atoms with Crippen LogP contribution in [0.4, 0.5) is 0 Å². The van der Waals surface area contributed by atoms with Crippen LogP contribution in [0.15, 0.2) is 0 Å². The minimum Gasteiger partial charge on any atom is -0.383 e. The van der Waals surface area contributed by atoms with Crippen molar-refractivity contribution in [1.29, 1.82) is 0 Å². The molecular weight excluding hydrogens is 1140 g/mol. The summed E-state index contributed by atoms with van der Waals surface area (Å²) in [5, 5.41) is 10.5. The second-order valence-electron chi connectivity index (χ2n) is 30.2. The fraction of sp³-hybridized carbons (Fsp3) is 0.839. The maximum atomic E-state index is 14.0. The fourth-order valence-electron chi connectivity index (χ4n) is 13.5. The first-order chi connectivity index (χ1) is 35.1. The molecule has 0 aromatic heterocycles. The molecule has 11 atom stereocenters. The van der Waals surface area contributed by atoms with Crippen LogP contribution in [0.2, 0.25) is 0 Å². The molecule has 2 heterocycles. The van der Waals surface area contributed by atoms with Gasteiger partial charge in [0, 0.05) is 93.8 Å². The molecule has 2 aliphatic heterocycles. The molecule has 0 bridgehead atoms. The van der Waals surface area contributed by atoms with E-state index in [1.54, 1.807) is 9.80 Å². The number of carbonyl (C=O) groups excluding carboxylic acids is 9. The average Bonchev–Trinajstić information content (AvgIpc) is 3.69. The molecule has 2 saturated heterocycles. The van der Waals surface area contributed by atoms with E-state index < -0.39 is 70.3 Å². The molecule has 5 N–H and O–H groups in total. The van der Waals surface area contributed by atoms with Crippen LogP contribution in [0, 0.1) is 96.1 Å². The van der Waals surface area contributed by atoms with Gasteiger partial charge in [0.25, 0.3) is 5.91 Å². The van der Waals surface area contributed by atoms with Crippen molar-refractivity contribution in [2.24, 2.45) is 103 Å². The van der Waals surface area contributed by atoms with E-state index in [0.717, 1.165) is 38.5 Å². The van der Waals surface area contributed by atoms with Crippen LogP contribution in [0.25, 0.3) is 0 Å². The number of hydrogen-bond acceptors (Lipinski definition) is 10. The molecular formula is C62H102IN4O10V-. The Morgan fingerprint density at radius 3 is 1.24 bits per heavy atom. The zero-order valence-corrected chi connectivity index (χ0v) is 54.4. The Balaban J connectivity index is 0.000000386. The van der Waals surface area contributed by atoms with Gasteiger partial charge in [-0.05, 0) is 80.8 Å². The second-order valence-corrected chi connectivity index (χ2v) is 31.5. The predicted molar refractivity (Wildman–Crippen MR) is 309 cm³/mol. The molecule has 14 nitrogen and oxygen atoms in total. The third-order valence-corrected chi connectivity index (χ3v) is 18.6. The first-order valence-electron chi connectivity index (χ1n) is 29.0. The first-order valence-corrected chi connectivity index (χ1v) is 30.2. The van der Waals surface area contributed by atoms with E-state index >= 15 is 0 Å². The molecule has 4 aliphatic carbocycles. The molecule has 6 rings (SSSR count). The molecule has 4 amide bonds. The summed E-state index contributed by atoms with van der Waals surface area (Å²) in [7, 11) is 0. The summed E-state index contributed by atoms with van der Waals surface area (Å²) in [6, 6.07) is -1.21. The number of ketones is 5. The quantitative estimate of drug-likeness (QED) is 0.0527. The van der Waals surface area contributed by atoms with E-state index in [-0.39, 0.29) is 125 Å². The molecule has 0 spiro atoms. The van der Waals surface area contributed by atoms with Gasteiger partial charge in [0.1, 0.15) is 17.7 Å². The van der Waals surface area contributed by atoms with Crippen molar-refractivity contribution in [3.05, 3.63) is 4.43 Å². The van der Waals surface area contributed by atoms with Crippen LogP contribution in [0.3, 0.4) is 0 Å². The van der Waals surface area contributed by atoms with E-state index in [1.807, 2.05) is 94.4 Å². The number of carbonyl (C=O) groups is 9. The summed E-state index contributed by atoms with van der Waals surface area (Å²) in [6.07, 6.45) is 7.13. The number of nitrogens with zero attached hydrogens (tertiary/aromatic N) is 2. The Morgan fingerprint density at radius 2 is 0.949 bits per heavy atom. The standard InChI is InChI=1S/C30H50N2O5.C30H48N2O5.C2H4I.V/c2*1-28(2,3)15-19(33)14-20(29(4,5)6)27(37)32-16-21-23(30(21,7)8)24(32)22(34)13-18(25(35)26(31)36)12-17-10-9-11-17;1-2-3;/h17-18,20-21,23-25,35H,9-16H2,1-8H3,(H2,31,36);17-18,20-21,23-24H,9-16H2,1-8H3,(H2,31,36);2H,1H3;/q;;-1;/t18?,20-,21+,23+,24-,25?;18?,20-,21+,23+,24-;;/m11../s1. The van der Waals surface area contributed by atoms with Gasteiger partial charge in [-0.3, -0.25) is 47.6 Å². The number of primary amides is 2. The Kier molecular flexibility index (Phi) is 24.0. The van der Waals surface area contributed by atoms with Crippen molar-refractivity contribution in [2.45, 2.75) is 226 Å². The van der Waals surface area contributed by atoms with Crippen molar-refractivity contribution in [2.75, 3.05) is 13.1 Å². The maximum Gasteiger partial charge on any atom is 0.285 e. The van der Waals surface area contributed by atoms with E-state index in [1.165, 1.54) is 0 Å². The Labute approximate surface area is 495 Å². The number of piperidine rings is 2. The summed E-state index contributed by atoms with van der Waals surface area (Å²) in [4.78, 5) is 121. The van der Waals surface area contributed by atoms with Crippen LogP contribution in [-0.4, -0.2) is 98.7 Å². The number of nitrogens with two attached hydrogens (primary N) is 2. The van der Waals surface area contributed by atoms with E-state index in [2.05, 4.69) is 50.3 Å². The minimum atomic E-state index is -1.37. The number of hydrogen-bond donors (Lipinski definition) is 3. The Morgan fingerprint density at radius 1 is 0.603 bits per heavy atom. The SMILES string of the molecule is CC(C)(C)CC(=O)C[C@H](C(=O)N1C[C@H]2[C@@H]([C@H]1C(=O)CC(CC1CCC1)C(=O)C(N)=O)C2(C)C)C(C)(C)C.CC(C)(C)CC(=O)C[C@H](C(=O)N1C[C@H]2[C@@H]([C@H]1C(=O)CC(CC1CCC1)C(O)C(N)=O)C2(C)C)C(C)(C)C.C[CH-]I.[V]. The zero-order valence-electron chi connectivity index (χ0n) is 50.9. The van der Waals surface area contributed by atoms with Crippen LogP contribution in [0.1, 0.15) is 208 Å². The van der Waals surface area contributed by atoms with Gasteiger partial charge in [0.15, 0.2) is 11.6 Å². The van der Waals surface area contributed by atoms with Crippen molar-refractivity contribution in [1.82, 2.24) is 9.80 Å². The van der Waals surface area contributed by atoms with Crippen molar-refractivity contribution < 1.29 is 66.8 Å². The van der Waals surface area contributed by atoms with E-state index in [9.17, 15) is 48.3 Å². The Hall–Kier alpha value is -2.50. The van der Waals surface area contributed by atoms with Crippen molar-refractivity contribution >= 4 is 75.1 Å². The number of aliphatic hydroxyl groups excluding tert-OH is 1. The molecule has 4 saturated carbocycles. The van der Waals surface area contributed by atoms with Gasteiger partial charge < -0.3 is 49.0 Å². The van der Waals surface area contributed by atoms with Crippen LogP contribution in [-0.2, 0) is 61.7 Å². The number of aliphatic hydroxyl groups is 1. The van der Waals surface area contributed by atoms with Gasteiger partial charge in [-0.15, -0.1) is 0 Å². The molecule has 0 aromatic carbocycles. The van der Waals surface area contributed by atoms with Gasteiger partial charge >= 0.3 is 0 Å². The molecule has 16 heteroatoms. The molecule has 1 radical (unpaired) electrons. The van der Waals surface area contributed by atoms with Crippen LogP contribution < -0.4 is 11.5 Å². The summed E-state index contributed by atoms with van der Waals surface area (Å²) >= 11 is 2.16. The maximum absolute atomic E-state index is 14.0.